The molecule has 0 aromatic heterocycles. The van der Waals surface area contributed by atoms with Gasteiger partial charge >= 0.3 is 0 Å². The molecule has 0 bridgehead atoms. The summed E-state index contributed by atoms with van der Waals surface area (Å²) in [6.45, 7) is 0. The van der Waals surface area contributed by atoms with Gasteiger partial charge in [0, 0.05) is 26.1 Å². The van der Waals surface area contributed by atoms with Crippen LogP contribution in [0.25, 0.3) is 0 Å². The van der Waals surface area contributed by atoms with Crippen LogP contribution in [0.5, 0.6) is 0 Å². The number of aliphatic hydroxyl groups excluding tert-OH is 2. The molecule has 0 aromatic carbocycles. The molecule has 0 aromatic rings. The van der Waals surface area contributed by atoms with Crippen molar-refractivity contribution in [1.29, 1.82) is 0 Å². The van der Waals surface area contributed by atoms with E-state index in [4.69, 9.17) is 9.47 Å². The van der Waals surface area contributed by atoms with E-state index in [2.05, 4.69) is 31.9 Å². The first-order valence-corrected chi connectivity index (χ1v) is 6.35. The molecule has 15 heavy (non-hydrogen) atoms. The van der Waals surface area contributed by atoms with Gasteiger partial charge in [-0.15, -0.1) is 0 Å². The SMILES string of the molecule is CO[C@H]1[C@@H](O)[C@@H](O)[C@H]2[C@H]([C@H]1OC)C2(Br)Br. The third kappa shape index (κ3) is 1.61. The van der Waals surface area contributed by atoms with Crippen molar-refractivity contribution in [1.82, 2.24) is 0 Å². The van der Waals surface area contributed by atoms with Crippen LogP contribution in [0.2, 0.25) is 0 Å². The van der Waals surface area contributed by atoms with E-state index >= 15 is 0 Å². The van der Waals surface area contributed by atoms with Crippen molar-refractivity contribution in [2.24, 2.45) is 11.8 Å². The Morgan fingerprint density at radius 1 is 0.933 bits per heavy atom. The summed E-state index contributed by atoms with van der Waals surface area (Å²) in [6.07, 6.45) is -2.39. The minimum atomic E-state index is -0.904. The molecule has 6 heteroatoms. The van der Waals surface area contributed by atoms with Crippen molar-refractivity contribution >= 4 is 31.9 Å². The lowest BCUT2D eigenvalue weighted by molar-refractivity contribution is -0.161. The quantitative estimate of drug-likeness (QED) is 0.715. The highest BCUT2D eigenvalue weighted by atomic mass is 79.9. The molecule has 0 saturated heterocycles. The highest BCUT2D eigenvalue weighted by Crippen LogP contribution is 2.68. The summed E-state index contributed by atoms with van der Waals surface area (Å²) in [4.78, 5) is 0. The molecule has 4 nitrogen and oxygen atoms in total. The Labute approximate surface area is 105 Å². The van der Waals surface area contributed by atoms with Crippen molar-refractivity contribution in [3.63, 3.8) is 0 Å². The summed E-state index contributed by atoms with van der Waals surface area (Å²) in [5, 5.41) is 19.8. The fourth-order valence-electron chi connectivity index (χ4n) is 2.60. The topological polar surface area (TPSA) is 58.9 Å². The first-order chi connectivity index (χ1) is 6.96. The number of aliphatic hydroxyl groups is 2. The lowest BCUT2D eigenvalue weighted by Crippen LogP contribution is -2.52. The number of halogens is 2. The summed E-state index contributed by atoms with van der Waals surface area (Å²) in [7, 11) is 3.10. The van der Waals surface area contributed by atoms with Crippen molar-refractivity contribution in [3.05, 3.63) is 0 Å². The van der Waals surface area contributed by atoms with Crippen molar-refractivity contribution in [2.45, 2.75) is 27.6 Å². The van der Waals surface area contributed by atoms with Crippen LogP contribution in [0.3, 0.4) is 0 Å². The van der Waals surface area contributed by atoms with Crippen molar-refractivity contribution in [2.75, 3.05) is 14.2 Å². The van der Waals surface area contributed by atoms with Crippen molar-refractivity contribution < 1.29 is 19.7 Å². The molecule has 6 atom stereocenters. The van der Waals surface area contributed by atoms with Gasteiger partial charge in [0.2, 0.25) is 0 Å². The Morgan fingerprint density at radius 2 is 1.47 bits per heavy atom. The summed E-state index contributed by atoms with van der Waals surface area (Å²) in [5.41, 5.74) is 0. The summed E-state index contributed by atoms with van der Waals surface area (Å²) in [5.74, 6) is 0.0784. The predicted octanol–water partition coefficient (Wildman–Crippen LogP) is 0.484. The number of fused-ring (bicyclic) bond motifs is 1. The van der Waals surface area contributed by atoms with Crippen LogP contribution in [0.15, 0.2) is 0 Å². The Kier molecular flexibility index (Phi) is 3.21. The second-order valence-electron chi connectivity index (χ2n) is 4.11. The molecular formula is C9H14Br2O4. The third-order valence-corrected chi connectivity index (χ3v) is 5.56. The van der Waals surface area contributed by atoms with Gasteiger partial charge < -0.3 is 19.7 Å². The van der Waals surface area contributed by atoms with Crippen LogP contribution in [-0.2, 0) is 9.47 Å². The van der Waals surface area contributed by atoms with Gasteiger partial charge in [0.15, 0.2) is 0 Å². The predicted molar refractivity (Wildman–Crippen MR) is 61.2 cm³/mol. The molecule has 0 radical (unpaired) electrons. The van der Waals surface area contributed by atoms with Gasteiger partial charge in [-0.3, -0.25) is 0 Å². The maximum atomic E-state index is 9.89. The van der Waals surface area contributed by atoms with Crippen molar-refractivity contribution in [3.8, 4) is 0 Å². The van der Waals surface area contributed by atoms with Gasteiger partial charge in [0.05, 0.1) is 15.4 Å². The lowest BCUT2D eigenvalue weighted by atomic mass is 9.89. The number of hydrogen-bond acceptors (Lipinski definition) is 4. The maximum Gasteiger partial charge on any atom is 0.112 e. The molecule has 0 spiro atoms. The normalized spacial score (nSPS) is 52.4. The smallest absolute Gasteiger partial charge is 0.112 e. The van der Waals surface area contributed by atoms with Crippen LogP contribution < -0.4 is 0 Å². The van der Waals surface area contributed by atoms with Gasteiger partial charge in [-0.05, 0) is 0 Å². The maximum absolute atomic E-state index is 9.89. The number of alkyl halides is 2. The van der Waals surface area contributed by atoms with Crippen LogP contribution in [0.4, 0.5) is 0 Å². The first kappa shape index (κ1) is 12.3. The fourth-order valence-corrected chi connectivity index (χ4v) is 4.54. The second-order valence-corrected chi connectivity index (χ2v) is 7.80. The number of ether oxygens (including phenoxy) is 2. The van der Waals surface area contributed by atoms with E-state index < -0.39 is 18.3 Å². The highest BCUT2D eigenvalue weighted by Gasteiger charge is 2.73. The standard InChI is InChI=1S/C9H14Br2O4/c1-14-7-4-3(9(4,10)11)5(12)6(13)8(7)15-2/h3-8,12-13H,1-2H3/t3-,4-,5+,6+,7-,8+/m1/s1. The third-order valence-electron chi connectivity index (χ3n) is 3.44. The van der Waals surface area contributed by atoms with Crippen LogP contribution in [0.1, 0.15) is 0 Å². The molecule has 0 aliphatic heterocycles. The number of methoxy groups -OCH3 is 2. The fraction of sp³-hybridized carbons (Fsp3) is 1.00. The van der Waals surface area contributed by atoms with E-state index in [0.29, 0.717) is 0 Å². The zero-order valence-corrected chi connectivity index (χ0v) is 11.6. The summed E-state index contributed by atoms with van der Waals surface area (Å²) >= 11 is 6.99. The largest absolute Gasteiger partial charge is 0.390 e. The van der Waals surface area contributed by atoms with E-state index in [1.165, 1.54) is 7.11 Å². The zero-order chi connectivity index (χ0) is 11.4. The highest BCUT2D eigenvalue weighted by molar-refractivity contribution is 9.25. The summed E-state index contributed by atoms with van der Waals surface area (Å²) in [6, 6.07) is 0. The zero-order valence-electron chi connectivity index (χ0n) is 8.43. The summed E-state index contributed by atoms with van der Waals surface area (Å²) < 4.78 is 10.2. The molecule has 0 unspecified atom stereocenters. The van der Waals surface area contributed by atoms with E-state index in [1.54, 1.807) is 7.11 Å². The molecule has 2 aliphatic rings. The molecule has 2 fully saturated rings. The van der Waals surface area contributed by atoms with Crippen LogP contribution >= 0.6 is 31.9 Å². The molecule has 0 heterocycles. The molecule has 2 rings (SSSR count). The minimum absolute atomic E-state index is 0.0381. The second kappa shape index (κ2) is 3.92. The first-order valence-electron chi connectivity index (χ1n) is 4.76. The molecule has 2 aliphatic carbocycles. The molecule has 88 valence electrons. The molecule has 0 amide bonds. The Morgan fingerprint density at radius 3 is 1.93 bits per heavy atom. The Balaban J connectivity index is 2.25. The van der Waals surface area contributed by atoms with Gasteiger partial charge in [-0.2, -0.15) is 0 Å². The van der Waals surface area contributed by atoms with Gasteiger partial charge in [0.25, 0.3) is 0 Å². The van der Waals surface area contributed by atoms with Crippen LogP contribution in [0, 0.1) is 11.8 Å². The Bertz CT molecular complexity index is 258. The average molecular weight is 346 g/mol. The number of hydrogen-bond donors (Lipinski definition) is 2. The Hall–Kier alpha value is 0.800. The van der Waals surface area contributed by atoms with E-state index in [9.17, 15) is 10.2 Å². The van der Waals surface area contributed by atoms with Gasteiger partial charge in [-0.1, -0.05) is 31.9 Å². The molecular weight excluding hydrogens is 332 g/mol. The molecule has 2 saturated carbocycles. The minimum Gasteiger partial charge on any atom is -0.390 e. The average Bonchev–Trinajstić information content (AvgIpc) is 2.75. The molecule has 2 N–H and O–H groups in total. The van der Waals surface area contributed by atoms with E-state index in [1.807, 2.05) is 0 Å². The monoisotopic (exact) mass is 344 g/mol. The number of rotatable bonds is 2. The van der Waals surface area contributed by atoms with Gasteiger partial charge in [0.1, 0.15) is 12.2 Å². The van der Waals surface area contributed by atoms with Gasteiger partial charge in [-0.25, -0.2) is 0 Å². The van der Waals surface area contributed by atoms with E-state index in [0.717, 1.165) is 0 Å². The van der Waals surface area contributed by atoms with E-state index in [-0.39, 0.29) is 21.2 Å². The van der Waals surface area contributed by atoms with Crippen LogP contribution in [-0.4, -0.2) is 52.1 Å². The lowest BCUT2D eigenvalue weighted by Gasteiger charge is -2.35.